The number of nitrogens with one attached hydrogen (secondary N) is 1. The molecular formula is C14H17IN2O7. The van der Waals surface area contributed by atoms with Gasteiger partial charge in [-0.15, -0.1) is 0 Å². The number of halogens is 1. The maximum atomic E-state index is 12.0. The number of fused-ring (bicyclic) bond motifs is 1. The minimum atomic E-state index is -0.852. The number of hydrogen-bond donors (Lipinski definition) is 1. The molecule has 2 saturated heterocycles. The fourth-order valence-electron chi connectivity index (χ4n) is 2.86. The monoisotopic (exact) mass is 452 g/mol. The number of ether oxygens (including phenoxy) is 4. The summed E-state index contributed by atoms with van der Waals surface area (Å²) in [6, 6.07) is 1.23. The van der Waals surface area contributed by atoms with Crippen molar-refractivity contribution in [1.29, 1.82) is 0 Å². The van der Waals surface area contributed by atoms with Gasteiger partial charge in [0, 0.05) is 12.3 Å². The number of hydrogen-bond acceptors (Lipinski definition) is 7. The number of rotatable bonds is 4. The van der Waals surface area contributed by atoms with Crippen molar-refractivity contribution >= 4 is 28.6 Å². The third kappa shape index (κ3) is 3.41. The van der Waals surface area contributed by atoms with Crippen LogP contribution in [0.25, 0.3) is 0 Å². The topological polar surface area (TPSA) is 109 Å². The summed E-state index contributed by atoms with van der Waals surface area (Å²) in [5, 5.41) is 0. The first kappa shape index (κ1) is 17.6. The van der Waals surface area contributed by atoms with Gasteiger partial charge in [0.05, 0.1) is 4.43 Å². The Balaban J connectivity index is 1.86. The maximum absolute atomic E-state index is 12.0. The van der Waals surface area contributed by atoms with Crippen LogP contribution < -0.4 is 11.2 Å². The maximum Gasteiger partial charge on any atom is 0.330 e. The zero-order valence-corrected chi connectivity index (χ0v) is 15.2. The van der Waals surface area contributed by atoms with Crippen LogP contribution in [0.1, 0.15) is 20.1 Å². The average molecular weight is 452 g/mol. The molecule has 132 valence electrons. The summed E-state index contributed by atoms with van der Waals surface area (Å²) in [5.41, 5.74) is -1.10. The lowest BCUT2D eigenvalue weighted by Crippen LogP contribution is -2.37. The van der Waals surface area contributed by atoms with Crippen LogP contribution in [-0.2, 0) is 23.7 Å². The normalized spacial score (nSPS) is 31.0. The third-order valence-electron chi connectivity index (χ3n) is 3.77. The molecule has 2 aliphatic heterocycles. The van der Waals surface area contributed by atoms with E-state index in [2.05, 4.69) is 4.98 Å². The lowest BCUT2D eigenvalue weighted by atomic mass is 10.1. The average Bonchev–Trinajstić information content (AvgIpc) is 2.98. The number of esters is 1. The lowest BCUT2D eigenvalue weighted by molar-refractivity contribution is -0.202. The van der Waals surface area contributed by atoms with Crippen molar-refractivity contribution in [2.24, 2.45) is 0 Å². The molecule has 3 rings (SSSR count). The lowest BCUT2D eigenvalue weighted by Gasteiger charge is -2.24. The van der Waals surface area contributed by atoms with Gasteiger partial charge in [0.2, 0.25) is 0 Å². The molecule has 1 aromatic heterocycles. The minimum absolute atomic E-state index is 0.00293. The molecule has 1 aromatic rings. The standard InChI is InChI=1S/C14H17IN2O7/c1-14(2)23-10-7(6-21-9(19)5-15)22-12(11(10)24-14)17-4-3-8(18)16-13(17)20/h3-4,7,10-12H,5-6H2,1-2H3,(H,16,18,20). The Morgan fingerprint density at radius 3 is 2.75 bits per heavy atom. The third-order valence-corrected chi connectivity index (χ3v) is 4.39. The Morgan fingerprint density at radius 1 is 1.38 bits per heavy atom. The van der Waals surface area contributed by atoms with Gasteiger partial charge in [-0.25, -0.2) is 4.79 Å². The van der Waals surface area contributed by atoms with E-state index in [1.165, 1.54) is 16.8 Å². The largest absolute Gasteiger partial charge is 0.462 e. The van der Waals surface area contributed by atoms with Gasteiger partial charge in [-0.2, -0.15) is 0 Å². The number of aromatic nitrogens is 2. The molecule has 1 N–H and O–H groups in total. The number of carbonyl (C=O) groups is 1. The van der Waals surface area contributed by atoms with Crippen molar-refractivity contribution in [3.63, 3.8) is 0 Å². The molecule has 0 aliphatic carbocycles. The van der Waals surface area contributed by atoms with E-state index in [9.17, 15) is 14.4 Å². The molecule has 0 spiro atoms. The van der Waals surface area contributed by atoms with Crippen molar-refractivity contribution in [3.8, 4) is 0 Å². The second-order valence-electron chi connectivity index (χ2n) is 5.96. The Kier molecular flexibility index (Phi) is 4.82. The van der Waals surface area contributed by atoms with E-state index >= 15 is 0 Å². The number of nitrogens with zero attached hydrogens (tertiary/aromatic N) is 1. The van der Waals surface area contributed by atoms with E-state index < -0.39 is 41.6 Å². The highest BCUT2D eigenvalue weighted by molar-refractivity contribution is 14.1. The zero-order chi connectivity index (χ0) is 17.5. The van der Waals surface area contributed by atoms with Crippen molar-refractivity contribution in [2.45, 2.75) is 44.2 Å². The molecular weight excluding hydrogens is 435 g/mol. The van der Waals surface area contributed by atoms with E-state index in [-0.39, 0.29) is 17.0 Å². The number of aromatic amines is 1. The van der Waals surface area contributed by atoms with Gasteiger partial charge in [0.1, 0.15) is 24.9 Å². The first-order valence-corrected chi connectivity index (χ1v) is 8.87. The summed E-state index contributed by atoms with van der Waals surface area (Å²) in [4.78, 5) is 36.8. The molecule has 10 heteroatoms. The number of carbonyl (C=O) groups excluding carboxylic acids is 1. The minimum Gasteiger partial charge on any atom is -0.462 e. The van der Waals surface area contributed by atoms with E-state index in [4.69, 9.17) is 18.9 Å². The fraction of sp³-hybridized carbons (Fsp3) is 0.643. The van der Waals surface area contributed by atoms with Crippen LogP contribution >= 0.6 is 22.6 Å². The van der Waals surface area contributed by atoms with Gasteiger partial charge >= 0.3 is 11.7 Å². The molecule has 0 amide bonds. The van der Waals surface area contributed by atoms with E-state index in [1.54, 1.807) is 13.8 Å². The quantitative estimate of drug-likeness (QED) is 0.387. The molecule has 2 fully saturated rings. The van der Waals surface area contributed by atoms with Crippen molar-refractivity contribution in [3.05, 3.63) is 33.1 Å². The molecule has 9 nitrogen and oxygen atoms in total. The highest BCUT2D eigenvalue weighted by Crippen LogP contribution is 2.42. The first-order chi connectivity index (χ1) is 11.3. The fourth-order valence-corrected chi connectivity index (χ4v) is 3.08. The molecule has 3 heterocycles. The molecule has 4 unspecified atom stereocenters. The van der Waals surface area contributed by atoms with Crippen molar-refractivity contribution in [2.75, 3.05) is 11.0 Å². The van der Waals surface area contributed by atoms with Crippen LogP contribution in [0.2, 0.25) is 0 Å². The van der Waals surface area contributed by atoms with E-state index in [0.29, 0.717) is 0 Å². The van der Waals surface area contributed by atoms with Gasteiger partial charge in [-0.3, -0.25) is 19.1 Å². The highest BCUT2D eigenvalue weighted by atomic mass is 127. The molecule has 0 bridgehead atoms. The molecule has 0 radical (unpaired) electrons. The molecule has 0 aromatic carbocycles. The summed E-state index contributed by atoms with van der Waals surface area (Å²) in [6.45, 7) is 3.51. The second-order valence-corrected chi connectivity index (χ2v) is 6.73. The first-order valence-electron chi connectivity index (χ1n) is 7.35. The predicted molar refractivity (Wildman–Crippen MR) is 88.9 cm³/mol. The van der Waals surface area contributed by atoms with Gasteiger partial charge in [0.25, 0.3) is 5.56 Å². The van der Waals surface area contributed by atoms with Crippen LogP contribution in [0.3, 0.4) is 0 Å². The van der Waals surface area contributed by atoms with Gasteiger partial charge < -0.3 is 18.9 Å². The van der Waals surface area contributed by atoms with Crippen LogP contribution in [0.15, 0.2) is 21.9 Å². The van der Waals surface area contributed by atoms with Crippen LogP contribution in [0.4, 0.5) is 0 Å². The summed E-state index contributed by atoms with van der Waals surface area (Å²) in [6.07, 6.45) is -1.08. The molecule has 2 aliphatic rings. The number of alkyl halides is 1. The smallest absolute Gasteiger partial charge is 0.330 e. The Morgan fingerprint density at radius 2 is 2.08 bits per heavy atom. The van der Waals surface area contributed by atoms with Crippen molar-refractivity contribution < 1.29 is 23.7 Å². The van der Waals surface area contributed by atoms with Crippen molar-refractivity contribution in [1.82, 2.24) is 9.55 Å². The van der Waals surface area contributed by atoms with Gasteiger partial charge in [-0.1, -0.05) is 22.6 Å². The Hall–Kier alpha value is -1.24. The highest BCUT2D eigenvalue weighted by Gasteiger charge is 2.56. The van der Waals surface area contributed by atoms with Crippen LogP contribution in [0.5, 0.6) is 0 Å². The Bertz CT molecular complexity index is 743. The summed E-state index contributed by atoms with van der Waals surface area (Å²) < 4.78 is 24.1. The Labute approximate surface area is 150 Å². The number of H-pyrrole nitrogens is 1. The molecule has 24 heavy (non-hydrogen) atoms. The second kappa shape index (κ2) is 6.58. The van der Waals surface area contributed by atoms with Crippen LogP contribution in [0, 0.1) is 0 Å². The van der Waals surface area contributed by atoms with Gasteiger partial charge in [-0.05, 0) is 13.8 Å². The van der Waals surface area contributed by atoms with E-state index in [0.717, 1.165) is 0 Å². The predicted octanol–water partition coefficient (Wildman–Crippen LogP) is -0.0677. The zero-order valence-electron chi connectivity index (χ0n) is 13.1. The van der Waals surface area contributed by atoms with Crippen LogP contribution in [-0.4, -0.2) is 50.7 Å². The van der Waals surface area contributed by atoms with E-state index in [1.807, 2.05) is 22.6 Å². The van der Waals surface area contributed by atoms with Gasteiger partial charge in [0.15, 0.2) is 12.0 Å². The molecule has 0 saturated carbocycles. The molecule has 4 atom stereocenters. The SMILES string of the molecule is CC1(C)OC2C(COC(=O)CI)OC(n3ccc(=O)[nH]c3=O)C2O1. The summed E-state index contributed by atoms with van der Waals surface area (Å²) in [5.74, 6) is -1.21. The summed E-state index contributed by atoms with van der Waals surface area (Å²) >= 11 is 1.91. The summed E-state index contributed by atoms with van der Waals surface area (Å²) in [7, 11) is 0.